The number of nitrogens with one attached hydrogen (secondary N) is 1. The number of carbonyl (C=O) groups excluding carboxylic acids is 1. The molecule has 0 amide bonds. The third-order valence-corrected chi connectivity index (χ3v) is 3.52. The molecule has 0 saturated carbocycles. The molecule has 0 radical (unpaired) electrons. The predicted octanol–water partition coefficient (Wildman–Crippen LogP) is 4.02. The first-order chi connectivity index (χ1) is 10.7. The van der Waals surface area contributed by atoms with E-state index in [1.807, 2.05) is 42.5 Å². The number of methoxy groups -OCH3 is 1. The lowest BCUT2D eigenvalue weighted by atomic mass is 10.1. The van der Waals surface area contributed by atoms with Crippen LogP contribution in [0.1, 0.15) is 17.3 Å². The summed E-state index contributed by atoms with van der Waals surface area (Å²) in [5, 5.41) is 0.990. The van der Waals surface area contributed by atoms with Crippen molar-refractivity contribution in [2.75, 3.05) is 13.7 Å². The fourth-order valence-corrected chi connectivity index (χ4v) is 2.47. The molecule has 0 aliphatic heterocycles. The van der Waals surface area contributed by atoms with Gasteiger partial charge in [-0.15, -0.1) is 0 Å². The van der Waals surface area contributed by atoms with Crippen LogP contribution in [0, 0.1) is 0 Å². The number of fused-ring (bicyclic) bond motifs is 1. The summed E-state index contributed by atoms with van der Waals surface area (Å²) in [5.41, 5.74) is 3.40. The average Bonchev–Trinajstić information content (AvgIpc) is 2.97. The zero-order valence-corrected chi connectivity index (χ0v) is 12.6. The summed E-state index contributed by atoms with van der Waals surface area (Å²) < 4.78 is 10.4. The molecule has 2 aromatic carbocycles. The molecule has 4 heteroatoms. The highest BCUT2D eigenvalue weighted by atomic mass is 16.5. The summed E-state index contributed by atoms with van der Waals surface area (Å²) in [4.78, 5) is 15.4. The van der Waals surface area contributed by atoms with Gasteiger partial charge in [-0.05, 0) is 30.7 Å². The molecule has 0 atom stereocenters. The van der Waals surface area contributed by atoms with Gasteiger partial charge in [0.15, 0.2) is 0 Å². The molecule has 0 aliphatic rings. The van der Waals surface area contributed by atoms with Gasteiger partial charge >= 0.3 is 5.97 Å². The highest BCUT2D eigenvalue weighted by Crippen LogP contribution is 2.30. The minimum absolute atomic E-state index is 0.333. The van der Waals surface area contributed by atoms with Gasteiger partial charge in [0.25, 0.3) is 0 Å². The summed E-state index contributed by atoms with van der Waals surface area (Å²) in [5.74, 6) is 0.140. The van der Waals surface area contributed by atoms with Crippen molar-refractivity contribution in [3.8, 4) is 17.0 Å². The van der Waals surface area contributed by atoms with Gasteiger partial charge in [-0.2, -0.15) is 0 Å². The smallest absolute Gasteiger partial charge is 0.341 e. The monoisotopic (exact) mass is 295 g/mol. The van der Waals surface area contributed by atoms with Crippen LogP contribution < -0.4 is 4.74 Å². The third kappa shape index (κ3) is 2.55. The quantitative estimate of drug-likeness (QED) is 0.740. The Morgan fingerprint density at radius 1 is 1.14 bits per heavy atom. The molecule has 0 fully saturated rings. The van der Waals surface area contributed by atoms with E-state index >= 15 is 0 Å². The van der Waals surface area contributed by atoms with Crippen molar-refractivity contribution in [2.24, 2.45) is 0 Å². The predicted molar refractivity (Wildman–Crippen MR) is 86.2 cm³/mol. The molecule has 112 valence electrons. The van der Waals surface area contributed by atoms with Crippen molar-refractivity contribution < 1.29 is 14.3 Å². The zero-order valence-electron chi connectivity index (χ0n) is 12.6. The van der Waals surface area contributed by atoms with E-state index in [1.165, 1.54) is 0 Å². The van der Waals surface area contributed by atoms with E-state index in [4.69, 9.17) is 9.47 Å². The van der Waals surface area contributed by atoms with E-state index in [0.717, 1.165) is 22.2 Å². The van der Waals surface area contributed by atoms with Gasteiger partial charge in [-0.25, -0.2) is 4.79 Å². The molecule has 3 aromatic rings. The van der Waals surface area contributed by atoms with E-state index in [0.29, 0.717) is 17.9 Å². The van der Waals surface area contributed by atoms with Crippen LogP contribution in [0.4, 0.5) is 0 Å². The Balaban J connectivity index is 2.10. The SMILES string of the molecule is CCOC(=O)c1cc2[nH]c(-c3ccccc3)cc2cc1OC. The molecule has 0 spiro atoms. The normalized spacial score (nSPS) is 10.6. The highest BCUT2D eigenvalue weighted by molar-refractivity contribution is 5.99. The van der Waals surface area contributed by atoms with E-state index in [-0.39, 0.29) is 5.97 Å². The number of carbonyl (C=O) groups is 1. The molecule has 1 heterocycles. The Morgan fingerprint density at radius 3 is 2.59 bits per heavy atom. The van der Waals surface area contributed by atoms with Gasteiger partial charge < -0.3 is 14.5 Å². The summed E-state index contributed by atoms with van der Waals surface area (Å²) >= 11 is 0. The fraction of sp³-hybridized carbons (Fsp3) is 0.167. The van der Waals surface area contributed by atoms with Crippen LogP contribution in [-0.4, -0.2) is 24.7 Å². The first kappa shape index (κ1) is 14.2. The maximum absolute atomic E-state index is 12.0. The standard InChI is InChI=1S/C18H17NO3/c1-3-22-18(20)14-11-16-13(10-17(14)21-2)9-15(19-16)12-7-5-4-6-8-12/h4-11,19H,3H2,1-2H3. The van der Waals surface area contributed by atoms with Gasteiger partial charge in [-0.1, -0.05) is 30.3 Å². The van der Waals surface area contributed by atoms with Crippen molar-refractivity contribution >= 4 is 16.9 Å². The van der Waals surface area contributed by atoms with Gasteiger partial charge in [0.05, 0.1) is 13.7 Å². The first-order valence-corrected chi connectivity index (χ1v) is 7.16. The third-order valence-electron chi connectivity index (χ3n) is 3.52. The molecule has 3 rings (SSSR count). The van der Waals surface area contributed by atoms with Crippen molar-refractivity contribution in [2.45, 2.75) is 6.92 Å². The Bertz CT molecular complexity index is 806. The molecule has 1 N–H and O–H groups in total. The molecule has 4 nitrogen and oxygen atoms in total. The van der Waals surface area contributed by atoms with E-state index < -0.39 is 0 Å². The largest absolute Gasteiger partial charge is 0.496 e. The lowest BCUT2D eigenvalue weighted by Gasteiger charge is -2.07. The number of aromatic nitrogens is 1. The summed E-state index contributed by atoms with van der Waals surface area (Å²) in [7, 11) is 1.55. The van der Waals surface area contributed by atoms with Gasteiger partial charge in [0.1, 0.15) is 11.3 Å². The van der Waals surface area contributed by atoms with Crippen LogP contribution in [0.25, 0.3) is 22.2 Å². The Morgan fingerprint density at radius 2 is 1.91 bits per heavy atom. The zero-order chi connectivity index (χ0) is 15.5. The van der Waals surface area contributed by atoms with Gasteiger partial charge in [0.2, 0.25) is 0 Å². The molecule has 1 aromatic heterocycles. The topological polar surface area (TPSA) is 51.3 Å². The Labute approximate surface area is 128 Å². The van der Waals surface area contributed by atoms with Crippen LogP contribution in [0.3, 0.4) is 0 Å². The Hall–Kier alpha value is -2.75. The van der Waals surface area contributed by atoms with E-state index in [1.54, 1.807) is 20.1 Å². The summed E-state index contributed by atoms with van der Waals surface area (Å²) in [6.07, 6.45) is 0. The summed E-state index contributed by atoms with van der Waals surface area (Å²) in [6.45, 7) is 2.12. The van der Waals surface area contributed by atoms with E-state index in [2.05, 4.69) is 4.98 Å². The molecule has 0 aliphatic carbocycles. The Kier molecular flexibility index (Phi) is 3.83. The molecular formula is C18H17NO3. The number of ether oxygens (including phenoxy) is 2. The highest BCUT2D eigenvalue weighted by Gasteiger charge is 2.16. The van der Waals surface area contributed by atoms with Gasteiger partial charge in [0, 0.05) is 16.6 Å². The molecule has 22 heavy (non-hydrogen) atoms. The van der Waals surface area contributed by atoms with Crippen molar-refractivity contribution in [3.05, 3.63) is 54.1 Å². The lowest BCUT2D eigenvalue weighted by molar-refractivity contribution is 0.0523. The number of hydrogen-bond donors (Lipinski definition) is 1. The average molecular weight is 295 g/mol. The van der Waals surface area contributed by atoms with Crippen molar-refractivity contribution in [1.82, 2.24) is 4.98 Å². The molecule has 0 saturated heterocycles. The first-order valence-electron chi connectivity index (χ1n) is 7.16. The number of H-pyrrole nitrogens is 1. The van der Waals surface area contributed by atoms with E-state index in [9.17, 15) is 4.79 Å². The molecule has 0 bridgehead atoms. The van der Waals surface area contributed by atoms with Crippen molar-refractivity contribution in [1.29, 1.82) is 0 Å². The number of aromatic amines is 1. The second-order valence-corrected chi connectivity index (χ2v) is 4.91. The minimum Gasteiger partial charge on any atom is -0.496 e. The van der Waals surface area contributed by atoms with Gasteiger partial charge in [-0.3, -0.25) is 0 Å². The number of rotatable bonds is 4. The molecule has 0 unspecified atom stereocenters. The number of hydrogen-bond acceptors (Lipinski definition) is 3. The second-order valence-electron chi connectivity index (χ2n) is 4.91. The number of benzene rings is 2. The van der Waals surface area contributed by atoms with Crippen LogP contribution >= 0.6 is 0 Å². The molecular weight excluding hydrogens is 278 g/mol. The summed E-state index contributed by atoms with van der Waals surface area (Å²) in [6, 6.07) is 15.7. The second kappa shape index (κ2) is 5.93. The fourth-order valence-electron chi connectivity index (χ4n) is 2.47. The van der Waals surface area contributed by atoms with Crippen LogP contribution in [0.2, 0.25) is 0 Å². The van der Waals surface area contributed by atoms with Crippen molar-refractivity contribution in [3.63, 3.8) is 0 Å². The van der Waals surface area contributed by atoms with Crippen LogP contribution in [0.15, 0.2) is 48.5 Å². The van der Waals surface area contributed by atoms with Crippen LogP contribution in [-0.2, 0) is 4.74 Å². The lowest BCUT2D eigenvalue weighted by Crippen LogP contribution is -2.06. The van der Waals surface area contributed by atoms with Crippen LogP contribution in [0.5, 0.6) is 5.75 Å². The minimum atomic E-state index is -0.378. The maximum atomic E-state index is 12.0. The maximum Gasteiger partial charge on any atom is 0.341 e. The number of esters is 1.